The van der Waals surface area contributed by atoms with E-state index >= 15 is 0 Å². The lowest BCUT2D eigenvalue weighted by Gasteiger charge is -2.11. The molecule has 1 aliphatic heterocycles. The molecule has 0 aliphatic carbocycles. The third kappa shape index (κ3) is 7.06. The molecule has 1 atom stereocenters. The monoisotopic (exact) mass is 510 g/mol. The fourth-order valence-corrected chi connectivity index (χ4v) is 3.52. The molecule has 0 radical (unpaired) electrons. The molecule has 1 aliphatic rings. The van der Waals surface area contributed by atoms with E-state index in [9.17, 15) is 17.6 Å². The Hall–Kier alpha value is -3.38. The summed E-state index contributed by atoms with van der Waals surface area (Å²) in [5, 5.41) is 11.2. The Morgan fingerprint density at radius 1 is 1.11 bits per heavy atom. The number of aromatic nitrogens is 3. The minimum Gasteiger partial charge on any atom is -0.406 e. The molecule has 3 aromatic rings. The van der Waals surface area contributed by atoms with E-state index in [1.807, 2.05) is 0 Å². The number of rotatable bonds is 8. The van der Waals surface area contributed by atoms with Crippen LogP contribution in [-0.2, 0) is 11.3 Å². The quantitative estimate of drug-likeness (QED) is 0.297. The number of anilines is 1. The Bertz CT molecular complexity index is 1170. The van der Waals surface area contributed by atoms with Crippen molar-refractivity contribution in [2.75, 3.05) is 25.1 Å². The highest BCUT2D eigenvalue weighted by Gasteiger charge is 2.30. The summed E-state index contributed by atoms with van der Waals surface area (Å²) in [6.45, 7) is 1.87. The highest BCUT2D eigenvalue weighted by molar-refractivity contribution is 6.33. The van der Waals surface area contributed by atoms with Crippen molar-refractivity contribution in [3.8, 4) is 17.1 Å². The zero-order valence-electron chi connectivity index (χ0n) is 18.1. The molecule has 0 saturated carbocycles. The summed E-state index contributed by atoms with van der Waals surface area (Å²) in [7, 11) is 0. The molecule has 1 fully saturated rings. The summed E-state index contributed by atoms with van der Waals surface area (Å²) in [6, 6.07) is 9.42. The number of hydrogen-bond donors (Lipinski definition) is 1. The molecule has 1 aromatic heterocycles. The fourth-order valence-electron chi connectivity index (χ4n) is 3.27. The second-order valence-corrected chi connectivity index (χ2v) is 7.99. The topological polar surface area (TPSA) is 93.9 Å². The molecule has 0 spiro atoms. The third-order valence-electron chi connectivity index (χ3n) is 4.95. The van der Waals surface area contributed by atoms with Crippen LogP contribution in [0.4, 0.5) is 29.5 Å². The maximum Gasteiger partial charge on any atom is 0.573 e. The number of ether oxygens (including phenoxy) is 2. The van der Waals surface area contributed by atoms with Crippen LogP contribution in [0, 0.1) is 11.7 Å². The van der Waals surface area contributed by atoms with E-state index in [2.05, 4.69) is 35.2 Å². The van der Waals surface area contributed by atoms with E-state index in [1.54, 1.807) is 0 Å². The van der Waals surface area contributed by atoms with Crippen LogP contribution in [0.1, 0.15) is 12.0 Å². The third-order valence-corrected chi connectivity index (χ3v) is 5.27. The molecule has 4 rings (SSSR count). The molecule has 0 amide bonds. The van der Waals surface area contributed by atoms with Gasteiger partial charge in [0.15, 0.2) is 5.82 Å². The van der Waals surface area contributed by atoms with Gasteiger partial charge in [-0.15, -0.1) is 18.3 Å². The molecule has 2 heterocycles. The zero-order chi connectivity index (χ0) is 24.8. The van der Waals surface area contributed by atoms with Crippen LogP contribution >= 0.6 is 11.6 Å². The van der Waals surface area contributed by atoms with Crippen molar-refractivity contribution in [3.63, 3.8) is 0 Å². The van der Waals surface area contributed by atoms with Gasteiger partial charge in [-0.25, -0.2) is 4.39 Å². The summed E-state index contributed by atoms with van der Waals surface area (Å²) >= 11 is 6.17. The molecule has 13 heteroatoms. The molecule has 1 saturated heterocycles. The van der Waals surface area contributed by atoms with Gasteiger partial charge < -0.3 is 14.8 Å². The van der Waals surface area contributed by atoms with E-state index < -0.39 is 12.2 Å². The number of benzene rings is 2. The molecular weight excluding hydrogens is 492 g/mol. The van der Waals surface area contributed by atoms with E-state index in [1.165, 1.54) is 42.5 Å². The second kappa shape index (κ2) is 10.9. The van der Waals surface area contributed by atoms with Crippen LogP contribution < -0.4 is 10.1 Å². The van der Waals surface area contributed by atoms with Crippen molar-refractivity contribution >= 4 is 23.5 Å². The Morgan fingerprint density at radius 3 is 2.60 bits per heavy atom. The van der Waals surface area contributed by atoms with Crippen molar-refractivity contribution in [1.82, 2.24) is 15.0 Å². The number of hydrogen-bond acceptors (Lipinski definition) is 8. The van der Waals surface area contributed by atoms with E-state index in [0.29, 0.717) is 25.3 Å². The maximum absolute atomic E-state index is 14.5. The van der Waals surface area contributed by atoms with Gasteiger partial charge >= 0.3 is 6.36 Å². The van der Waals surface area contributed by atoms with Crippen LogP contribution in [0.2, 0.25) is 5.02 Å². The van der Waals surface area contributed by atoms with Crippen molar-refractivity contribution in [3.05, 3.63) is 58.9 Å². The Labute approximate surface area is 202 Å². The van der Waals surface area contributed by atoms with Crippen molar-refractivity contribution in [2.24, 2.45) is 16.1 Å². The molecule has 8 nitrogen and oxygen atoms in total. The standard InChI is InChI=1S/C22H19ClF4N6O2/c23-16-2-1-3-17(24)18(16)19-30-20(28-10-14-8-9-34-12-14)32-21(31-19)33-29-11-13-4-6-15(7-5-13)35-22(25,26)27/h1-7,14H,8-12H2,(H,28,30,31,32). The van der Waals surface area contributed by atoms with Crippen LogP contribution in [-0.4, -0.2) is 41.1 Å². The van der Waals surface area contributed by atoms with Crippen LogP contribution in [0.3, 0.4) is 0 Å². The second-order valence-electron chi connectivity index (χ2n) is 7.58. The summed E-state index contributed by atoms with van der Waals surface area (Å²) < 4.78 is 60.6. The zero-order valence-corrected chi connectivity index (χ0v) is 18.9. The molecule has 1 unspecified atom stereocenters. The van der Waals surface area contributed by atoms with Crippen LogP contribution in [0.25, 0.3) is 11.4 Å². The number of halogens is 5. The van der Waals surface area contributed by atoms with Gasteiger partial charge in [-0.05, 0) is 36.2 Å². The van der Waals surface area contributed by atoms with Crippen LogP contribution in [0.5, 0.6) is 5.75 Å². The van der Waals surface area contributed by atoms with Crippen LogP contribution in [0.15, 0.2) is 52.7 Å². The van der Waals surface area contributed by atoms with E-state index in [4.69, 9.17) is 16.3 Å². The molecule has 35 heavy (non-hydrogen) atoms. The highest BCUT2D eigenvalue weighted by atomic mass is 35.5. The summed E-state index contributed by atoms with van der Waals surface area (Å²) in [5.74, 6) is -0.605. The smallest absolute Gasteiger partial charge is 0.406 e. The van der Waals surface area contributed by atoms with Gasteiger partial charge in [0, 0.05) is 19.1 Å². The number of azo groups is 1. The van der Waals surface area contributed by atoms with E-state index in [-0.39, 0.29) is 46.5 Å². The Balaban J connectivity index is 1.53. The molecule has 184 valence electrons. The first kappa shape index (κ1) is 24.7. The minimum atomic E-state index is -4.77. The first-order chi connectivity index (χ1) is 16.8. The number of nitrogens with zero attached hydrogens (tertiary/aromatic N) is 5. The van der Waals surface area contributed by atoms with Crippen molar-refractivity contribution in [1.29, 1.82) is 0 Å². The maximum atomic E-state index is 14.5. The van der Waals surface area contributed by atoms with Gasteiger partial charge in [-0.1, -0.05) is 29.8 Å². The molecule has 0 bridgehead atoms. The van der Waals surface area contributed by atoms with Gasteiger partial charge in [-0.2, -0.15) is 20.1 Å². The number of alkyl halides is 3. The average Bonchev–Trinajstić information content (AvgIpc) is 3.32. The van der Waals surface area contributed by atoms with Crippen molar-refractivity contribution in [2.45, 2.75) is 19.3 Å². The lowest BCUT2D eigenvalue weighted by atomic mass is 10.1. The largest absolute Gasteiger partial charge is 0.573 e. The Kier molecular flexibility index (Phi) is 7.71. The van der Waals surface area contributed by atoms with Gasteiger partial charge in [0.05, 0.1) is 23.7 Å². The lowest BCUT2D eigenvalue weighted by Crippen LogP contribution is -2.16. The summed E-state index contributed by atoms with van der Waals surface area (Å²) in [5.41, 5.74) is 0.579. The molecular formula is C22H19ClF4N6O2. The van der Waals surface area contributed by atoms with Gasteiger partial charge in [0.25, 0.3) is 5.95 Å². The van der Waals surface area contributed by atoms with Gasteiger partial charge in [0.2, 0.25) is 5.95 Å². The predicted octanol–water partition coefficient (Wildman–Crippen LogP) is 5.96. The van der Waals surface area contributed by atoms with E-state index in [0.717, 1.165) is 6.42 Å². The fraction of sp³-hybridized carbons (Fsp3) is 0.318. The van der Waals surface area contributed by atoms with Gasteiger partial charge in [0.1, 0.15) is 11.6 Å². The molecule has 1 N–H and O–H groups in total. The predicted molar refractivity (Wildman–Crippen MR) is 119 cm³/mol. The van der Waals surface area contributed by atoms with Gasteiger partial charge in [-0.3, -0.25) is 0 Å². The first-order valence-corrected chi connectivity index (χ1v) is 10.9. The lowest BCUT2D eigenvalue weighted by molar-refractivity contribution is -0.274. The SMILES string of the molecule is Fc1cccc(Cl)c1-c1nc(N=NCc2ccc(OC(F)(F)F)cc2)nc(NCC2CCOC2)n1. The summed E-state index contributed by atoms with van der Waals surface area (Å²) in [6.07, 6.45) is -3.88. The average molecular weight is 511 g/mol. The minimum absolute atomic E-state index is 0.000481. The summed E-state index contributed by atoms with van der Waals surface area (Å²) in [4.78, 5) is 12.7. The van der Waals surface area contributed by atoms with Crippen molar-refractivity contribution < 1.29 is 27.0 Å². The Morgan fingerprint density at radius 2 is 1.91 bits per heavy atom. The number of nitrogens with one attached hydrogen (secondary N) is 1. The first-order valence-electron chi connectivity index (χ1n) is 10.5. The normalized spacial score (nSPS) is 16.1. The molecule has 2 aromatic carbocycles. The highest BCUT2D eigenvalue weighted by Crippen LogP contribution is 2.30.